The van der Waals surface area contributed by atoms with Crippen molar-refractivity contribution in [3.05, 3.63) is 94.5 Å². The molecule has 0 bridgehead atoms. The van der Waals surface area contributed by atoms with Crippen molar-refractivity contribution < 1.29 is 22.7 Å². The number of hydrogen-bond acceptors (Lipinski definition) is 5. The van der Waals surface area contributed by atoms with Gasteiger partial charge in [0.15, 0.2) is 0 Å². The standard InChI is InChI=1S/C30H36BrN3O5S/c1-4-18-32-30(36)28(20-23-10-7-6-8-11-23)33(21-24-12-9-13-25(31)19-24)29(35)22-34(40(3,37)38)26-14-16-27(17-15-26)39-5-2/h6-17,19,28H,4-5,18,20-22H2,1-3H3,(H,32,36). The van der Waals surface area contributed by atoms with Gasteiger partial charge in [0, 0.05) is 24.0 Å². The molecule has 0 saturated carbocycles. The Morgan fingerprint density at radius 2 is 1.62 bits per heavy atom. The van der Waals surface area contributed by atoms with Crippen molar-refractivity contribution in [1.82, 2.24) is 10.2 Å². The maximum absolute atomic E-state index is 14.0. The predicted octanol–water partition coefficient (Wildman–Crippen LogP) is 4.78. The van der Waals surface area contributed by atoms with E-state index in [-0.39, 0.29) is 18.9 Å². The van der Waals surface area contributed by atoms with E-state index >= 15 is 0 Å². The first kappa shape index (κ1) is 31.2. The van der Waals surface area contributed by atoms with Crippen molar-refractivity contribution in [2.24, 2.45) is 0 Å². The second-order valence-electron chi connectivity index (χ2n) is 9.34. The van der Waals surface area contributed by atoms with Crippen LogP contribution in [-0.4, -0.2) is 57.1 Å². The van der Waals surface area contributed by atoms with Crippen LogP contribution in [0.2, 0.25) is 0 Å². The van der Waals surface area contributed by atoms with E-state index in [0.29, 0.717) is 24.6 Å². The molecule has 0 heterocycles. The van der Waals surface area contributed by atoms with Crippen LogP contribution in [0.5, 0.6) is 5.75 Å². The Hall–Kier alpha value is -3.37. The average Bonchev–Trinajstić information content (AvgIpc) is 2.93. The van der Waals surface area contributed by atoms with Crippen molar-refractivity contribution in [3.8, 4) is 5.75 Å². The molecule has 0 spiro atoms. The molecular formula is C30H36BrN3O5S. The fourth-order valence-corrected chi connectivity index (χ4v) is 5.54. The second kappa shape index (κ2) is 14.9. The SMILES string of the molecule is CCCNC(=O)C(Cc1ccccc1)N(Cc1cccc(Br)c1)C(=O)CN(c1ccc(OCC)cc1)S(C)(=O)=O. The summed E-state index contributed by atoms with van der Waals surface area (Å²) in [7, 11) is -3.83. The van der Waals surface area contributed by atoms with Gasteiger partial charge in [-0.3, -0.25) is 13.9 Å². The molecule has 1 unspecified atom stereocenters. The molecule has 3 aromatic rings. The van der Waals surface area contributed by atoms with E-state index in [1.54, 1.807) is 24.3 Å². The first-order chi connectivity index (χ1) is 19.1. The van der Waals surface area contributed by atoms with Crippen LogP contribution in [0.15, 0.2) is 83.3 Å². The van der Waals surface area contributed by atoms with Crippen LogP contribution >= 0.6 is 15.9 Å². The molecule has 0 aliphatic rings. The lowest BCUT2D eigenvalue weighted by Crippen LogP contribution is -2.53. The minimum atomic E-state index is -3.83. The average molecular weight is 631 g/mol. The first-order valence-electron chi connectivity index (χ1n) is 13.2. The number of carbonyl (C=O) groups is 2. The number of rotatable bonds is 14. The van der Waals surface area contributed by atoms with Gasteiger partial charge in [-0.25, -0.2) is 8.42 Å². The maximum atomic E-state index is 14.0. The number of ether oxygens (including phenoxy) is 1. The third kappa shape index (κ3) is 9.09. The Bertz CT molecular complexity index is 1370. The first-order valence-corrected chi connectivity index (χ1v) is 15.8. The smallest absolute Gasteiger partial charge is 0.244 e. The lowest BCUT2D eigenvalue weighted by molar-refractivity contribution is -0.140. The fraction of sp³-hybridized carbons (Fsp3) is 0.333. The Morgan fingerprint density at radius 1 is 0.950 bits per heavy atom. The van der Waals surface area contributed by atoms with Crippen molar-refractivity contribution in [3.63, 3.8) is 0 Å². The van der Waals surface area contributed by atoms with E-state index < -0.39 is 28.5 Å². The van der Waals surface area contributed by atoms with E-state index in [4.69, 9.17) is 4.74 Å². The van der Waals surface area contributed by atoms with Gasteiger partial charge < -0.3 is 15.0 Å². The Morgan fingerprint density at radius 3 is 2.23 bits per heavy atom. The van der Waals surface area contributed by atoms with Crippen molar-refractivity contribution >= 4 is 43.5 Å². The highest BCUT2D eigenvalue weighted by Crippen LogP contribution is 2.23. The number of halogens is 1. The summed E-state index contributed by atoms with van der Waals surface area (Å²) in [5.41, 5.74) is 2.02. The van der Waals surface area contributed by atoms with Crippen LogP contribution in [0.1, 0.15) is 31.4 Å². The number of benzene rings is 3. The van der Waals surface area contributed by atoms with E-state index in [1.165, 1.54) is 4.90 Å². The third-order valence-corrected chi connectivity index (χ3v) is 7.81. The minimum Gasteiger partial charge on any atom is -0.494 e. The summed E-state index contributed by atoms with van der Waals surface area (Å²) in [6.07, 6.45) is 2.08. The molecule has 10 heteroatoms. The summed E-state index contributed by atoms with van der Waals surface area (Å²) in [4.78, 5) is 29.0. The van der Waals surface area contributed by atoms with Crippen molar-refractivity contribution in [1.29, 1.82) is 0 Å². The van der Waals surface area contributed by atoms with Crippen molar-refractivity contribution in [2.45, 2.75) is 39.3 Å². The summed E-state index contributed by atoms with van der Waals surface area (Å²) in [5, 5.41) is 2.93. The number of amides is 2. The zero-order chi connectivity index (χ0) is 29.1. The van der Waals surface area contributed by atoms with Gasteiger partial charge in [-0.2, -0.15) is 0 Å². The molecule has 8 nitrogen and oxygen atoms in total. The summed E-state index contributed by atoms with van der Waals surface area (Å²) in [6.45, 7) is 4.41. The Kier molecular flexibility index (Phi) is 11.6. The molecule has 0 aromatic heterocycles. The zero-order valence-corrected chi connectivity index (χ0v) is 25.4. The van der Waals surface area contributed by atoms with Crippen LogP contribution in [-0.2, 0) is 32.6 Å². The number of anilines is 1. The highest BCUT2D eigenvalue weighted by atomic mass is 79.9. The minimum absolute atomic E-state index is 0.121. The highest BCUT2D eigenvalue weighted by molar-refractivity contribution is 9.10. The predicted molar refractivity (Wildman–Crippen MR) is 162 cm³/mol. The molecule has 0 aliphatic carbocycles. The Balaban J connectivity index is 2.02. The van der Waals surface area contributed by atoms with Gasteiger partial charge in [0.1, 0.15) is 18.3 Å². The zero-order valence-electron chi connectivity index (χ0n) is 23.0. The van der Waals surface area contributed by atoms with E-state index in [2.05, 4.69) is 21.2 Å². The number of nitrogens with zero attached hydrogens (tertiary/aromatic N) is 2. The van der Waals surface area contributed by atoms with Gasteiger partial charge >= 0.3 is 0 Å². The lowest BCUT2D eigenvalue weighted by atomic mass is 10.0. The quantitative estimate of drug-likeness (QED) is 0.277. The topological polar surface area (TPSA) is 96.0 Å². The number of nitrogens with one attached hydrogen (secondary N) is 1. The van der Waals surface area contributed by atoms with Gasteiger partial charge in [0.05, 0.1) is 18.6 Å². The van der Waals surface area contributed by atoms with Crippen LogP contribution < -0.4 is 14.4 Å². The lowest BCUT2D eigenvalue weighted by Gasteiger charge is -2.33. The molecule has 2 amide bonds. The maximum Gasteiger partial charge on any atom is 0.244 e. The molecule has 3 rings (SSSR count). The van der Waals surface area contributed by atoms with Gasteiger partial charge in [-0.05, 0) is 60.9 Å². The van der Waals surface area contributed by atoms with Crippen molar-refractivity contribution in [2.75, 3.05) is 30.3 Å². The van der Waals surface area contributed by atoms with Gasteiger partial charge in [-0.15, -0.1) is 0 Å². The largest absolute Gasteiger partial charge is 0.494 e. The van der Waals surface area contributed by atoms with Gasteiger partial charge in [0.25, 0.3) is 0 Å². The molecule has 214 valence electrons. The fourth-order valence-electron chi connectivity index (χ4n) is 4.24. The van der Waals surface area contributed by atoms with E-state index in [9.17, 15) is 18.0 Å². The summed E-state index contributed by atoms with van der Waals surface area (Å²) >= 11 is 3.48. The number of sulfonamides is 1. The number of carbonyl (C=O) groups excluding carboxylic acids is 2. The van der Waals surface area contributed by atoms with Crippen LogP contribution in [0.25, 0.3) is 0 Å². The molecule has 0 radical (unpaired) electrons. The van der Waals surface area contributed by atoms with E-state index in [1.807, 2.05) is 68.4 Å². The monoisotopic (exact) mass is 629 g/mol. The highest BCUT2D eigenvalue weighted by Gasteiger charge is 2.33. The molecule has 1 N–H and O–H groups in total. The Labute approximate surface area is 245 Å². The summed E-state index contributed by atoms with van der Waals surface area (Å²) in [6, 6.07) is 22.6. The molecule has 40 heavy (non-hydrogen) atoms. The van der Waals surface area contributed by atoms with Crippen LogP contribution in [0, 0.1) is 0 Å². The molecule has 3 aromatic carbocycles. The van der Waals surface area contributed by atoms with Crippen LogP contribution in [0.4, 0.5) is 5.69 Å². The van der Waals surface area contributed by atoms with Gasteiger partial charge in [0.2, 0.25) is 21.8 Å². The molecule has 0 aliphatic heterocycles. The molecule has 0 fully saturated rings. The van der Waals surface area contributed by atoms with E-state index in [0.717, 1.165) is 32.6 Å². The van der Waals surface area contributed by atoms with Gasteiger partial charge in [-0.1, -0.05) is 65.3 Å². The van der Waals surface area contributed by atoms with Crippen LogP contribution in [0.3, 0.4) is 0 Å². The number of hydrogen-bond donors (Lipinski definition) is 1. The second-order valence-corrected chi connectivity index (χ2v) is 12.2. The molecular weight excluding hydrogens is 594 g/mol. The molecule has 0 saturated heterocycles. The normalized spacial score (nSPS) is 11.9. The third-order valence-electron chi connectivity index (χ3n) is 6.18. The summed E-state index contributed by atoms with van der Waals surface area (Å²) < 4.78 is 33.1. The summed E-state index contributed by atoms with van der Waals surface area (Å²) in [5.74, 6) is -0.189. The molecule has 1 atom stereocenters.